The highest BCUT2D eigenvalue weighted by atomic mass is 35.5. The van der Waals surface area contributed by atoms with E-state index in [1.54, 1.807) is 24.4 Å². The van der Waals surface area contributed by atoms with Crippen LogP contribution in [-0.2, 0) is 24.6 Å². The maximum absolute atomic E-state index is 12.0. The molecule has 46 heavy (non-hydrogen) atoms. The quantitative estimate of drug-likeness (QED) is 0.167. The summed E-state index contributed by atoms with van der Waals surface area (Å²) in [5.74, 6) is 0.156. The molecule has 0 unspecified atom stereocenters. The van der Waals surface area contributed by atoms with Gasteiger partial charge in [0.25, 0.3) is 0 Å². The Hall–Kier alpha value is -4.97. The summed E-state index contributed by atoms with van der Waals surface area (Å²) >= 11 is 6.79. The molecule has 3 aromatic carbocycles. The van der Waals surface area contributed by atoms with Crippen molar-refractivity contribution >= 4 is 28.5 Å². The summed E-state index contributed by atoms with van der Waals surface area (Å²) in [6, 6.07) is 23.2. The number of carboxylic acid groups (broad SMARTS) is 1. The average Bonchev–Trinajstić information content (AvgIpc) is 3.08. The van der Waals surface area contributed by atoms with Gasteiger partial charge >= 0.3 is 5.97 Å². The number of aliphatic carboxylic acids is 1. The molecule has 1 atom stereocenters. The zero-order valence-electron chi connectivity index (χ0n) is 25.4. The van der Waals surface area contributed by atoms with Crippen molar-refractivity contribution in [3.63, 3.8) is 0 Å². The predicted molar refractivity (Wildman–Crippen MR) is 177 cm³/mol. The van der Waals surface area contributed by atoms with Gasteiger partial charge in [-0.05, 0) is 67.3 Å². The Morgan fingerprint density at radius 1 is 1.00 bits per heavy atom. The van der Waals surface area contributed by atoms with Crippen LogP contribution in [0.25, 0.3) is 22.0 Å². The fourth-order valence-corrected chi connectivity index (χ4v) is 6.18. The van der Waals surface area contributed by atoms with Crippen LogP contribution in [0.4, 0.5) is 0 Å². The van der Waals surface area contributed by atoms with E-state index in [1.807, 2.05) is 41.4 Å². The molecule has 1 N–H and O–H groups in total. The molecule has 5 aromatic rings. The van der Waals surface area contributed by atoms with Gasteiger partial charge in [-0.15, -0.1) is 0 Å². The zero-order valence-corrected chi connectivity index (χ0v) is 26.2. The summed E-state index contributed by atoms with van der Waals surface area (Å²) < 4.78 is 12.6. The largest absolute Gasteiger partial charge is 0.488 e. The van der Waals surface area contributed by atoms with Gasteiger partial charge in [-0.2, -0.15) is 5.26 Å². The molecule has 0 amide bonds. The number of rotatable bonds is 10. The fourth-order valence-electron chi connectivity index (χ4n) is 5.94. The van der Waals surface area contributed by atoms with Crippen LogP contribution < -0.4 is 9.47 Å². The predicted octanol–water partition coefficient (Wildman–Crippen LogP) is 7.73. The monoisotopic (exact) mass is 632 g/mol. The molecule has 1 aliphatic heterocycles. The van der Waals surface area contributed by atoms with Crippen molar-refractivity contribution in [1.82, 2.24) is 14.9 Å². The number of carboxylic acids is 1. The smallest absolute Gasteiger partial charge is 0.320 e. The van der Waals surface area contributed by atoms with Crippen molar-refractivity contribution in [2.75, 3.05) is 6.54 Å². The van der Waals surface area contributed by atoms with E-state index in [1.165, 1.54) is 6.20 Å². The lowest BCUT2D eigenvalue weighted by Crippen LogP contribution is -2.44. The van der Waals surface area contributed by atoms with Crippen LogP contribution in [0.1, 0.15) is 47.1 Å². The molecule has 0 aliphatic carbocycles. The lowest BCUT2D eigenvalue weighted by molar-refractivity contribution is -0.144. The van der Waals surface area contributed by atoms with E-state index in [2.05, 4.69) is 41.2 Å². The second-order valence-corrected chi connectivity index (χ2v) is 11.9. The van der Waals surface area contributed by atoms with E-state index in [0.717, 1.165) is 57.1 Å². The van der Waals surface area contributed by atoms with Crippen molar-refractivity contribution in [2.24, 2.45) is 0 Å². The topological polar surface area (TPSA) is 109 Å². The summed E-state index contributed by atoms with van der Waals surface area (Å²) in [5.41, 5.74) is 7.08. The Balaban J connectivity index is 1.26. The van der Waals surface area contributed by atoms with E-state index in [-0.39, 0.29) is 13.2 Å². The third-order valence-electron chi connectivity index (χ3n) is 8.44. The van der Waals surface area contributed by atoms with Gasteiger partial charge in [-0.1, -0.05) is 54.4 Å². The number of ether oxygens (including phenoxy) is 2. The Labute approximate surface area is 272 Å². The van der Waals surface area contributed by atoms with Crippen molar-refractivity contribution in [3.8, 4) is 28.7 Å². The second kappa shape index (κ2) is 14.0. The Morgan fingerprint density at radius 3 is 2.70 bits per heavy atom. The molecule has 232 valence electrons. The van der Waals surface area contributed by atoms with E-state index in [0.29, 0.717) is 41.6 Å². The third-order valence-corrected chi connectivity index (χ3v) is 8.73. The number of fused-ring (bicyclic) bond motifs is 1. The van der Waals surface area contributed by atoms with Crippen molar-refractivity contribution in [3.05, 3.63) is 118 Å². The van der Waals surface area contributed by atoms with Crippen LogP contribution >= 0.6 is 11.6 Å². The van der Waals surface area contributed by atoms with Crippen LogP contribution in [0.5, 0.6) is 11.5 Å². The molecule has 0 saturated carbocycles. The van der Waals surface area contributed by atoms with Gasteiger partial charge in [0.05, 0.1) is 16.1 Å². The number of nitrogens with zero attached hydrogens (tertiary/aromatic N) is 4. The van der Waals surface area contributed by atoms with Gasteiger partial charge in [-0.25, -0.2) is 0 Å². The fraction of sp³-hybridized carbons (Fsp3) is 0.243. The number of nitriles is 1. The summed E-state index contributed by atoms with van der Waals surface area (Å²) in [6.07, 6.45) is 7.45. The van der Waals surface area contributed by atoms with E-state index < -0.39 is 12.0 Å². The van der Waals surface area contributed by atoms with E-state index >= 15 is 0 Å². The molecule has 8 nitrogen and oxygen atoms in total. The molecule has 1 saturated heterocycles. The first-order valence-corrected chi connectivity index (χ1v) is 15.6. The molecule has 0 bridgehead atoms. The van der Waals surface area contributed by atoms with E-state index in [4.69, 9.17) is 21.1 Å². The first-order valence-electron chi connectivity index (χ1n) is 15.2. The van der Waals surface area contributed by atoms with Crippen LogP contribution in [0.15, 0.2) is 85.3 Å². The third kappa shape index (κ3) is 6.96. The van der Waals surface area contributed by atoms with Gasteiger partial charge in [0, 0.05) is 53.3 Å². The minimum Gasteiger partial charge on any atom is -0.488 e. The van der Waals surface area contributed by atoms with Crippen LogP contribution in [0.3, 0.4) is 0 Å². The zero-order chi connectivity index (χ0) is 32.0. The van der Waals surface area contributed by atoms with Crippen LogP contribution in [0, 0.1) is 18.3 Å². The second-order valence-electron chi connectivity index (χ2n) is 11.5. The highest BCUT2D eigenvalue weighted by Gasteiger charge is 2.29. The van der Waals surface area contributed by atoms with Crippen molar-refractivity contribution < 1.29 is 19.4 Å². The highest BCUT2D eigenvalue weighted by molar-refractivity contribution is 6.32. The number of hydrogen-bond donors (Lipinski definition) is 1. The SMILES string of the molecule is Cc1c(COc2cc(OCc3cncc(C#N)c3)c(CN3CCCC[C@H]3C(=O)O)cc2Cl)cccc1-c1cnc2ccccc2c1. The average molecular weight is 633 g/mol. The first-order chi connectivity index (χ1) is 22.4. The molecule has 6 rings (SSSR count). The number of para-hydroxylation sites is 1. The summed E-state index contributed by atoms with van der Waals surface area (Å²) in [6.45, 7) is 3.55. The maximum atomic E-state index is 12.0. The van der Waals surface area contributed by atoms with Gasteiger partial charge in [0.15, 0.2) is 0 Å². The van der Waals surface area contributed by atoms with Gasteiger partial charge in [0.2, 0.25) is 0 Å². The number of likely N-dealkylation sites (tertiary alicyclic amines) is 1. The number of pyridine rings is 2. The number of piperidine rings is 1. The Morgan fingerprint density at radius 2 is 1.85 bits per heavy atom. The minimum atomic E-state index is -0.829. The molecule has 1 fully saturated rings. The number of hydrogen-bond acceptors (Lipinski definition) is 7. The molecule has 9 heteroatoms. The Bertz CT molecular complexity index is 1940. The van der Waals surface area contributed by atoms with Gasteiger partial charge < -0.3 is 14.6 Å². The molecule has 0 spiro atoms. The van der Waals surface area contributed by atoms with Crippen LogP contribution in [0.2, 0.25) is 5.02 Å². The molecule has 0 radical (unpaired) electrons. The molecule has 1 aliphatic rings. The molecular weight excluding hydrogens is 600 g/mol. The lowest BCUT2D eigenvalue weighted by atomic mass is 9.97. The summed E-state index contributed by atoms with van der Waals surface area (Å²) in [5, 5.41) is 20.6. The van der Waals surface area contributed by atoms with E-state index in [9.17, 15) is 15.2 Å². The number of aromatic nitrogens is 2. The van der Waals surface area contributed by atoms with Gasteiger partial charge in [0.1, 0.15) is 36.8 Å². The number of halogens is 1. The Kier molecular flexibility index (Phi) is 9.43. The first kappa shape index (κ1) is 31.0. The number of benzene rings is 3. The van der Waals surface area contributed by atoms with Crippen LogP contribution in [-0.4, -0.2) is 38.5 Å². The normalized spacial score (nSPS) is 14.9. The summed E-state index contributed by atoms with van der Waals surface area (Å²) in [7, 11) is 0. The minimum absolute atomic E-state index is 0.167. The van der Waals surface area contributed by atoms with Crippen molar-refractivity contribution in [2.45, 2.75) is 52.0 Å². The standard InChI is InChI=1S/C37H33ClN4O4/c1-24-28(8-6-9-31(24)29-14-27-7-2-3-10-33(27)41-20-29)23-46-36-16-35(45-22-26-13-25(17-39)18-40-19-26)30(15-32(36)38)21-42-12-5-4-11-34(42)37(43)44/h2-3,6-10,13-16,18-20,34H,4-5,11-12,21-23H2,1H3,(H,43,44)/t34-/m0/s1. The highest BCUT2D eigenvalue weighted by Crippen LogP contribution is 2.36. The number of carbonyl (C=O) groups is 1. The molecule has 2 aromatic heterocycles. The maximum Gasteiger partial charge on any atom is 0.320 e. The molecule has 3 heterocycles. The summed E-state index contributed by atoms with van der Waals surface area (Å²) in [4.78, 5) is 22.7. The lowest BCUT2D eigenvalue weighted by Gasteiger charge is -2.33. The van der Waals surface area contributed by atoms with Gasteiger partial charge in [-0.3, -0.25) is 19.7 Å². The molecular formula is C37H33ClN4O4. The van der Waals surface area contributed by atoms with Crippen molar-refractivity contribution in [1.29, 1.82) is 5.26 Å².